The van der Waals surface area contributed by atoms with Gasteiger partial charge in [0.1, 0.15) is 0 Å². The third kappa shape index (κ3) is 5.47. The van der Waals surface area contributed by atoms with Gasteiger partial charge in [-0.1, -0.05) is 18.2 Å². The first-order valence-electron chi connectivity index (χ1n) is 9.27. The van der Waals surface area contributed by atoms with Gasteiger partial charge < -0.3 is 10.1 Å². The predicted octanol–water partition coefficient (Wildman–Crippen LogP) is 3.23. The van der Waals surface area contributed by atoms with Crippen molar-refractivity contribution in [3.05, 3.63) is 69.3 Å². The molecule has 0 unspecified atom stereocenters. The quantitative estimate of drug-likeness (QED) is 0.317. The number of nitro groups is 1. The van der Waals surface area contributed by atoms with E-state index in [1.165, 1.54) is 35.4 Å². The van der Waals surface area contributed by atoms with E-state index in [-0.39, 0.29) is 30.0 Å². The van der Waals surface area contributed by atoms with E-state index in [0.717, 1.165) is 19.3 Å². The van der Waals surface area contributed by atoms with E-state index >= 15 is 0 Å². The first-order valence-corrected chi connectivity index (χ1v) is 9.27. The smallest absolute Gasteiger partial charge is 0.306 e. The number of carbonyl (C=O) groups is 3. The fourth-order valence-corrected chi connectivity index (χ4v) is 3.22. The van der Waals surface area contributed by atoms with Crippen molar-refractivity contribution < 1.29 is 24.0 Å². The number of Topliss-reactive ketones (excluding diaryl/α,β-unsaturated/α-hetero) is 1. The first-order chi connectivity index (χ1) is 13.9. The Kier molecular flexibility index (Phi) is 6.33. The number of aryl methyl sites for hydroxylation is 2. The topological polar surface area (TPSA) is 116 Å². The molecule has 8 heteroatoms. The number of nitro benzene ring substituents is 1. The van der Waals surface area contributed by atoms with Crippen LogP contribution in [0.4, 0.5) is 11.4 Å². The van der Waals surface area contributed by atoms with Gasteiger partial charge >= 0.3 is 5.97 Å². The number of fused-ring (bicyclic) bond motifs is 1. The maximum absolute atomic E-state index is 12.3. The van der Waals surface area contributed by atoms with Gasteiger partial charge in [-0.3, -0.25) is 24.5 Å². The van der Waals surface area contributed by atoms with Crippen LogP contribution in [0.15, 0.2) is 42.5 Å². The summed E-state index contributed by atoms with van der Waals surface area (Å²) in [5.74, 6) is -1.42. The summed E-state index contributed by atoms with van der Waals surface area (Å²) < 4.78 is 4.88. The fraction of sp³-hybridized carbons (Fsp3) is 0.286. The molecule has 0 saturated heterocycles. The number of esters is 1. The number of hydrogen-bond donors (Lipinski definition) is 1. The summed E-state index contributed by atoms with van der Waals surface area (Å²) in [5.41, 5.74) is 3.12. The maximum Gasteiger partial charge on any atom is 0.306 e. The van der Waals surface area contributed by atoms with Crippen LogP contribution in [0.1, 0.15) is 40.7 Å². The second-order valence-corrected chi connectivity index (χ2v) is 6.78. The molecule has 8 nitrogen and oxygen atoms in total. The van der Waals surface area contributed by atoms with E-state index in [1.54, 1.807) is 6.07 Å². The van der Waals surface area contributed by atoms with Crippen molar-refractivity contribution >= 4 is 29.0 Å². The summed E-state index contributed by atoms with van der Waals surface area (Å²) in [6, 6.07) is 11.1. The third-order valence-corrected chi connectivity index (χ3v) is 4.68. The molecule has 0 radical (unpaired) electrons. The first kappa shape index (κ1) is 20.2. The van der Waals surface area contributed by atoms with Crippen LogP contribution in [-0.2, 0) is 27.2 Å². The Bertz CT molecular complexity index is 969. The number of carbonyl (C=O) groups excluding carboxylic acids is 3. The minimum absolute atomic E-state index is 0.00409. The second-order valence-electron chi connectivity index (χ2n) is 6.78. The molecule has 3 rings (SSSR count). The largest absolute Gasteiger partial charge is 0.456 e. The number of rotatable bonds is 8. The summed E-state index contributed by atoms with van der Waals surface area (Å²) in [7, 11) is 0. The van der Waals surface area contributed by atoms with Crippen LogP contribution < -0.4 is 5.32 Å². The number of ether oxygens (including phenoxy) is 1. The molecule has 0 saturated carbocycles. The zero-order chi connectivity index (χ0) is 20.8. The van der Waals surface area contributed by atoms with Crippen molar-refractivity contribution in [2.75, 3.05) is 11.9 Å². The normalized spacial score (nSPS) is 12.1. The van der Waals surface area contributed by atoms with Crippen molar-refractivity contribution in [1.82, 2.24) is 0 Å². The van der Waals surface area contributed by atoms with E-state index < -0.39 is 23.4 Å². The molecule has 2 aromatic carbocycles. The number of nitrogens with zero attached hydrogens (tertiary/aromatic N) is 1. The van der Waals surface area contributed by atoms with Gasteiger partial charge in [0.05, 0.1) is 11.3 Å². The zero-order valence-electron chi connectivity index (χ0n) is 15.7. The highest BCUT2D eigenvalue weighted by Gasteiger charge is 2.16. The number of amides is 1. The van der Waals surface area contributed by atoms with Crippen LogP contribution in [0.5, 0.6) is 0 Å². The summed E-state index contributed by atoms with van der Waals surface area (Å²) in [6.07, 6.45) is 2.98. The van der Waals surface area contributed by atoms with E-state index in [0.29, 0.717) is 5.56 Å². The number of nitrogens with one attached hydrogen (secondary N) is 1. The average molecular weight is 396 g/mol. The number of ketones is 1. The number of benzene rings is 2. The number of non-ortho nitro benzene ring substituents is 1. The van der Waals surface area contributed by atoms with Gasteiger partial charge in [-0.2, -0.15) is 0 Å². The molecule has 0 fully saturated rings. The lowest BCUT2D eigenvalue weighted by Gasteiger charge is -2.07. The van der Waals surface area contributed by atoms with Crippen molar-refractivity contribution in [3.8, 4) is 0 Å². The van der Waals surface area contributed by atoms with Crippen molar-refractivity contribution in [2.45, 2.75) is 32.1 Å². The molecule has 0 heterocycles. The van der Waals surface area contributed by atoms with Gasteiger partial charge in [0, 0.05) is 29.8 Å². The predicted molar refractivity (Wildman–Crippen MR) is 105 cm³/mol. The Morgan fingerprint density at radius 3 is 2.62 bits per heavy atom. The Hall–Kier alpha value is -3.55. The molecular weight excluding hydrogens is 376 g/mol. The molecule has 0 spiro atoms. The highest BCUT2D eigenvalue weighted by atomic mass is 16.6. The lowest BCUT2D eigenvalue weighted by Crippen LogP contribution is -2.21. The minimum atomic E-state index is -0.659. The fourth-order valence-electron chi connectivity index (χ4n) is 3.22. The van der Waals surface area contributed by atoms with E-state index in [4.69, 9.17) is 4.74 Å². The van der Waals surface area contributed by atoms with Crippen LogP contribution in [0, 0.1) is 10.1 Å². The molecule has 0 bridgehead atoms. The molecular formula is C21H20N2O6. The Balaban J connectivity index is 1.42. The van der Waals surface area contributed by atoms with Crippen LogP contribution in [0.3, 0.4) is 0 Å². The summed E-state index contributed by atoms with van der Waals surface area (Å²) in [6.45, 7) is -0.533. The van der Waals surface area contributed by atoms with Crippen LogP contribution in [0.25, 0.3) is 0 Å². The average Bonchev–Trinajstić information content (AvgIpc) is 3.18. The standard InChI is InChI=1S/C21H20N2O6/c24-19(16-8-7-14-3-1-4-15(14)11-16)9-10-21(26)29-13-20(25)22-17-5-2-6-18(12-17)23(27)28/h2,5-8,11-12H,1,3-4,9-10,13H2,(H,22,25). The van der Waals surface area contributed by atoms with E-state index in [2.05, 4.69) is 5.32 Å². The van der Waals surface area contributed by atoms with E-state index in [1.807, 2.05) is 12.1 Å². The lowest BCUT2D eigenvalue weighted by atomic mass is 10.0. The summed E-state index contributed by atoms with van der Waals surface area (Å²) >= 11 is 0. The lowest BCUT2D eigenvalue weighted by molar-refractivity contribution is -0.384. The number of hydrogen-bond acceptors (Lipinski definition) is 6. The highest BCUT2D eigenvalue weighted by molar-refractivity contribution is 5.98. The maximum atomic E-state index is 12.3. The minimum Gasteiger partial charge on any atom is -0.456 e. The van der Waals surface area contributed by atoms with Crippen LogP contribution in [-0.4, -0.2) is 29.2 Å². The second kappa shape index (κ2) is 9.09. The highest BCUT2D eigenvalue weighted by Crippen LogP contribution is 2.23. The molecule has 0 aromatic heterocycles. The molecule has 1 N–H and O–H groups in total. The van der Waals surface area contributed by atoms with Crippen molar-refractivity contribution in [2.24, 2.45) is 0 Å². The van der Waals surface area contributed by atoms with Gasteiger partial charge in [-0.05, 0) is 42.5 Å². The van der Waals surface area contributed by atoms with E-state index in [9.17, 15) is 24.5 Å². The van der Waals surface area contributed by atoms with Gasteiger partial charge in [0.2, 0.25) is 0 Å². The SMILES string of the molecule is O=C(COC(=O)CCC(=O)c1ccc2c(c1)CCC2)Nc1cccc([N+](=O)[O-])c1. The Morgan fingerprint density at radius 2 is 1.83 bits per heavy atom. The summed E-state index contributed by atoms with van der Waals surface area (Å²) in [5, 5.41) is 13.2. The molecule has 150 valence electrons. The molecule has 2 aromatic rings. The monoisotopic (exact) mass is 396 g/mol. The number of anilines is 1. The van der Waals surface area contributed by atoms with Crippen molar-refractivity contribution in [3.63, 3.8) is 0 Å². The van der Waals surface area contributed by atoms with Gasteiger partial charge in [-0.25, -0.2) is 0 Å². The third-order valence-electron chi connectivity index (χ3n) is 4.68. The van der Waals surface area contributed by atoms with Crippen LogP contribution in [0.2, 0.25) is 0 Å². The van der Waals surface area contributed by atoms with Crippen molar-refractivity contribution in [1.29, 1.82) is 0 Å². The van der Waals surface area contributed by atoms with Crippen LogP contribution >= 0.6 is 0 Å². The zero-order valence-corrected chi connectivity index (χ0v) is 15.7. The van der Waals surface area contributed by atoms with Gasteiger partial charge in [0.15, 0.2) is 12.4 Å². The van der Waals surface area contributed by atoms with Gasteiger partial charge in [-0.15, -0.1) is 0 Å². The molecule has 0 atom stereocenters. The summed E-state index contributed by atoms with van der Waals surface area (Å²) in [4.78, 5) is 46.1. The molecule has 1 aliphatic rings. The van der Waals surface area contributed by atoms with Gasteiger partial charge in [0.25, 0.3) is 11.6 Å². The molecule has 1 amide bonds. The molecule has 0 aliphatic heterocycles. The molecule has 1 aliphatic carbocycles. The Labute approximate surface area is 167 Å². The Morgan fingerprint density at radius 1 is 1.03 bits per heavy atom. The molecule has 29 heavy (non-hydrogen) atoms.